The van der Waals surface area contributed by atoms with Crippen molar-refractivity contribution in [2.24, 2.45) is 0 Å². The van der Waals surface area contributed by atoms with Crippen LogP contribution in [0.5, 0.6) is 5.75 Å². The molecule has 2 aromatic heterocycles. The summed E-state index contributed by atoms with van der Waals surface area (Å²) in [7, 11) is 1.59. The molecule has 152 valence electrons. The molecule has 0 radical (unpaired) electrons. The Morgan fingerprint density at radius 2 is 2.10 bits per heavy atom. The molecule has 6 nitrogen and oxygen atoms in total. The summed E-state index contributed by atoms with van der Waals surface area (Å²) in [6, 6.07) is 9.56. The SMILES string of the molecule is COc1ccc2nc(-n3nc(C)c4c3NC(=O)CC4c3cccc(F)c3F)sc2c1. The van der Waals surface area contributed by atoms with Crippen molar-refractivity contribution in [1.29, 1.82) is 0 Å². The maximum absolute atomic E-state index is 14.5. The number of carbonyl (C=O) groups excluding carboxylic acids is 1. The van der Waals surface area contributed by atoms with Crippen molar-refractivity contribution in [2.75, 3.05) is 12.4 Å². The molecule has 1 aliphatic heterocycles. The van der Waals surface area contributed by atoms with Gasteiger partial charge in [0.05, 0.1) is 23.0 Å². The molecule has 0 spiro atoms. The Hall–Kier alpha value is -3.33. The number of rotatable bonds is 3. The Kier molecular flexibility index (Phi) is 4.28. The highest BCUT2D eigenvalue weighted by Gasteiger charge is 2.35. The molecule has 1 aliphatic rings. The summed E-state index contributed by atoms with van der Waals surface area (Å²) in [5, 5.41) is 7.96. The molecule has 1 unspecified atom stereocenters. The molecule has 1 amide bonds. The van der Waals surface area contributed by atoms with Gasteiger partial charge >= 0.3 is 0 Å². The number of anilines is 1. The highest BCUT2D eigenvalue weighted by molar-refractivity contribution is 7.20. The molecule has 5 rings (SSSR count). The number of nitrogens with one attached hydrogen (secondary N) is 1. The van der Waals surface area contributed by atoms with Crippen molar-refractivity contribution in [3.63, 3.8) is 0 Å². The predicted octanol–water partition coefficient (Wildman–Crippen LogP) is 4.55. The van der Waals surface area contributed by atoms with Gasteiger partial charge in [-0.05, 0) is 36.8 Å². The number of hydrogen-bond donors (Lipinski definition) is 1. The highest BCUT2D eigenvalue weighted by atomic mass is 32.1. The van der Waals surface area contributed by atoms with Crippen LogP contribution in [0.1, 0.15) is 29.2 Å². The molecule has 0 saturated carbocycles. The van der Waals surface area contributed by atoms with Gasteiger partial charge in [-0.15, -0.1) is 0 Å². The van der Waals surface area contributed by atoms with E-state index in [2.05, 4.69) is 15.4 Å². The van der Waals surface area contributed by atoms with Crippen LogP contribution in [-0.2, 0) is 4.79 Å². The molecule has 1 N–H and O–H groups in total. The number of fused-ring (bicyclic) bond motifs is 2. The van der Waals surface area contributed by atoms with Crippen molar-refractivity contribution in [3.05, 3.63) is 64.9 Å². The van der Waals surface area contributed by atoms with E-state index in [1.165, 1.54) is 23.5 Å². The first kappa shape index (κ1) is 18.7. The zero-order valence-electron chi connectivity index (χ0n) is 16.1. The molecule has 30 heavy (non-hydrogen) atoms. The molecule has 2 aromatic carbocycles. The molecule has 0 bridgehead atoms. The van der Waals surface area contributed by atoms with Crippen LogP contribution in [0.25, 0.3) is 15.3 Å². The van der Waals surface area contributed by atoms with E-state index in [1.807, 2.05) is 18.2 Å². The number of benzene rings is 2. The van der Waals surface area contributed by atoms with Crippen molar-refractivity contribution >= 4 is 33.3 Å². The van der Waals surface area contributed by atoms with E-state index in [-0.39, 0.29) is 17.9 Å². The van der Waals surface area contributed by atoms with Crippen LogP contribution >= 0.6 is 11.3 Å². The van der Waals surface area contributed by atoms with E-state index in [1.54, 1.807) is 18.7 Å². The molecular weight excluding hydrogens is 410 g/mol. The molecule has 4 aromatic rings. The van der Waals surface area contributed by atoms with Crippen LogP contribution in [0.4, 0.5) is 14.6 Å². The Balaban J connectivity index is 1.67. The lowest BCUT2D eigenvalue weighted by Gasteiger charge is -2.24. The lowest BCUT2D eigenvalue weighted by Crippen LogP contribution is -2.25. The average molecular weight is 426 g/mol. The first-order chi connectivity index (χ1) is 14.5. The third-order valence-corrected chi connectivity index (χ3v) is 6.22. The lowest BCUT2D eigenvalue weighted by atomic mass is 9.85. The summed E-state index contributed by atoms with van der Waals surface area (Å²) in [5.74, 6) is -1.66. The summed E-state index contributed by atoms with van der Waals surface area (Å²) >= 11 is 1.39. The van der Waals surface area contributed by atoms with Crippen LogP contribution in [0.3, 0.4) is 0 Å². The second-order valence-electron chi connectivity index (χ2n) is 7.04. The molecule has 1 atom stereocenters. The van der Waals surface area contributed by atoms with Gasteiger partial charge in [-0.1, -0.05) is 23.5 Å². The first-order valence-corrected chi connectivity index (χ1v) is 10.1. The van der Waals surface area contributed by atoms with Gasteiger partial charge in [0.2, 0.25) is 11.0 Å². The van der Waals surface area contributed by atoms with Crippen molar-refractivity contribution < 1.29 is 18.3 Å². The Labute approximate surface area is 174 Å². The third kappa shape index (κ3) is 2.85. The fourth-order valence-electron chi connectivity index (χ4n) is 3.85. The van der Waals surface area contributed by atoms with Gasteiger partial charge in [0.25, 0.3) is 0 Å². The van der Waals surface area contributed by atoms with Crippen molar-refractivity contribution in [2.45, 2.75) is 19.3 Å². The number of ether oxygens (including phenoxy) is 1. The number of halogens is 2. The third-order valence-electron chi connectivity index (χ3n) is 5.22. The molecule has 3 heterocycles. The van der Waals surface area contributed by atoms with Crippen LogP contribution < -0.4 is 10.1 Å². The zero-order valence-corrected chi connectivity index (χ0v) is 16.9. The van der Waals surface area contributed by atoms with E-state index in [9.17, 15) is 13.6 Å². The molecule has 0 aliphatic carbocycles. The lowest BCUT2D eigenvalue weighted by molar-refractivity contribution is -0.116. The minimum atomic E-state index is -0.942. The summed E-state index contributed by atoms with van der Waals surface area (Å²) in [6.07, 6.45) is 0.0109. The largest absolute Gasteiger partial charge is 0.497 e. The monoisotopic (exact) mass is 426 g/mol. The van der Waals surface area contributed by atoms with Crippen LogP contribution in [-0.4, -0.2) is 27.8 Å². The van der Waals surface area contributed by atoms with E-state index in [0.717, 1.165) is 16.3 Å². The molecule has 9 heteroatoms. The number of nitrogens with zero attached hydrogens (tertiary/aromatic N) is 3. The summed E-state index contributed by atoms with van der Waals surface area (Å²) in [5.41, 5.74) is 2.20. The standard InChI is InChI=1S/C21H16F2N4O2S/c1-10-18-13(12-4-3-5-14(22)19(12)23)9-17(28)25-20(18)27(26-10)21-24-15-7-6-11(29-2)8-16(15)30-21/h3-8,13H,9H2,1-2H3,(H,25,28). The van der Waals surface area contributed by atoms with Gasteiger partial charge in [0, 0.05) is 17.9 Å². The topological polar surface area (TPSA) is 69.0 Å². The van der Waals surface area contributed by atoms with E-state index in [4.69, 9.17) is 4.74 Å². The number of methoxy groups -OCH3 is 1. The Morgan fingerprint density at radius 3 is 2.90 bits per heavy atom. The van der Waals surface area contributed by atoms with Gasteiger partial charge in [-0.25, -0.2) is 13.8 Å². The van der Waals surface area contributed by atoms with E-state index in [0.29, 0.717) is 28.0 Å². The number of amides is 1. The number of hydrogen-bond acceptors (Lipinski definition) is 5. The van der Waals surface area contributed by atoms with Gasteiger partial charge in [-0.3, -0.25) is 4.79 Å². The quantitative estimate of drug-likeness (QED) is 0.522. The van der Waals surface area contributed by atoms with E-state index < -0.39 is 17.6 Å². The van der Waals surface area contributed by atoms with Crippen molar-refractivity contribution in [3.8, 4) is 10.9 Å². The number of aromatic nitrogens is 3. The molecule has 0 saturated heterocycles. The fourth-order valence-corrected chi connectivity index (χ4v) is 4.80. The summed E-state index contributed by atoms with van der Waals surface area (Å²) in [6.45, 7) is 1.79. The maximum Gasteiger partial charge on any atom is 0.226 e. The number of aryl methyl sites for hydroxylation is 1. The highest BCUT2D eigenvalue weighted by Crippen LogP contribution is 2.42. The normalized spacial score (nSPS) is 15.9. The zero-order chi connectivity index (χ0) is 21.0. The Bertz CT molecular complexity index is 1310. The second-order valence-corrected chi connectivity index (χ2v) is 8.05. The molecule has 0 fully saturated rings. The maximum atomic E-state index is 14.5. The first-order valence-electron chi connectivity index (χ1n) is 9.24. The number of carbonyl (C=O) groups is 1. The number of thiazole rings is 1. The second kappa shape index (κ2) is 6.88. The summed E-state index contributed by atoms with van der Waals surface area (Å²) < 4.78 is 36.1. The fraction of sp³-hybridized carbons (Fsp3) is 0.190. The van der Waals surface area contributed by atoms with Gasteiger partial charge in [-0.2, -0.15) is 9.78 Å². The average Bonchev–Trinajstić information content (AvgIpc) is 3.29. The van der Waals surface area contributed by atoms with Crippen LogP contribution in [0, 0.1) is 18.6 Å². The molecular formula is C21H16F2N4O2S. The minimum Gasteiger partial charge on any atom is -0.497 e. The van der Waals surface area contributed by atoms with E-state index >= 15 is 0 Å². The van der Waals surface area contributed by atoms with Crippen LogP contribution in [0.2, 0.25) is 0 Å². The van der Waals surface area contributed by atoms with Gasteiger partial charge < -0.3 is 10.1 Å². The smallest absolute Gasteiger partial charge is 0.226 e. The summed E-state index contributed by atoms with van der Waals surface area (Å²) in [4.78, 5) is 17.1. The van der Waals surface area contributed by atoms with Crippen LogP contribution in [0.15, 0.2) is 36.4 Å². The van der Waals surface area contributed by atoms with Crippen molar-refractivity contribution in [1.82, 2.24) is 14.8 Å². The minimum absolute atomic E-state index is 0.0109. The Morgan fingerprint density at radius 1 is 1.27 bits per heavy atom. The van der Waals surface area contributed by atoms with Gasteiger partial charge in [0.15, 0.2) is 11.6 Å². The predicted molar refractivity (Wildman–Crippen MR) is 109 cm³/mol. The van der Waals surface area contributed by atoms with Gasteiger partial charge in [0.1, 0.15) is 11.6 Å².